The van der Waals surface area contributed by atoms with Gasteiger partial charge in [-0.1, -0.05) is 17.7 Å². The van der Waals surface area contributed by atoms with E-state index in [1.54, 1.807) is 6.07 Å². The third-order valence-electron chi connectivity index (χ3n) is 2.30. The molecular formula is C13H7ClN2O2. The van der Waals surface area contributed by atoms with Crippen LogP contribution in [0.1, 0.15) is 21.7 Å². The number of aromatic nitrogens is 1. The molecule has 0 radical (unpaired) electrons. The standard InChI is InChI=1S/C13H7ClN2O2/c14-8-4-5-12(17)10(6-8)13(18)11-3-1-2-9(7-15)16-11/h1-6,17H. The number of carbonyl (C=O) groups excluding carboxylic acids is 1. The van der Waals surface area contributed by atoms with E-state index in [-0.39, 0.29) is 22.7 Å². The van der Waals surface area contributed by atoms with Crippen molar-refractivity contribution >= 4 is 17.4 Å². The maximum Gasteiger partial charge on any atom is 0.215 e. The fraction of sp³-hybridized carbons (Fsp3) is 0. The molecule has 0 unspecified atom stereocenters. The van der Waals surface area contributed by atoms with E-state index >= 15 is 0 Å². The molecule has 88 valence electrons. The molecule has 2 rings (SSSR count). The van der Waals surface area contributed by atoms with Crippen LogP contribution in [0.15, 0.2) is 36.4 Å². The molecule has 0 aliphatic carbocycles. The zero-order valence-electron chi connectivity index (χ0n) is 9.09. The maximum absolute atomic E-state index is 12.1. The number of nitrogens with zero attached hydrogens (tertiary/aromatic N) is 2. The van der Waals surface area contributed by atoms with Gasteiger partial charge in [-0.25, -0.2) is 4.98 Å². The van der Waals surface area contributed by atoms with Crippen LogP contribution in [0, 0.1) is 11.3 Å². The summed E-state index contributed by atoms with van der Waals surface area (Å²) in [6.45, 7) is 0. The Hall–Kier alpha value is -2.38. The van der Waals surface area contributed by atoms with Crippen LogP contribution in [-0.4, -0.2) is 15.9 Å². The van der Waals surface area contributed by atoms with Gasteiger partial charge in [0.25, 0.3) is 0 Å². The van der Waals surface area contributed by atoms with Crippen molar-refractivity contribution in [3.8, 4) is 11.8 Å². The molecule has 1 aromatic heterocycles. The van der Waals surface area contributed by atoms with Crippen LogP contribution in [0.25, 0.3) is 0 Å². The second kappa shape index (κ2) is 4.86. The number of rotatable bonds is 2. The van der Waals surface area contributed by atoms with E-state index in [4.69, 9.17) is 16.9 Å². The number of hydrogen-bond acceptors (Lipinski definition) is 4. The highest BCUT2D eigenvalue weighted by Gasteiger charge is 2.15. The first kappa shape index (κ1) is 12.1. The fourth-order valence-corrected chi connectivity index (χ4v) is 1.62. The molecular weight excluding hydrogens is 252 g/mol. The van der Waals surface area contributed by atoms with E-state index in [9.17, 15) is 9.90 Å². The number of phenolic OH excluding ortho intramolecular Hbond substituents is 1. The highest BCUT2D eigenvalue weighted by atomic mass is 35.5. The molecule has 0 saturated heterocycles. The lowest BCUT2D eigenvalue weighted by molar-refractivity contribution is 0.103. The van der Waals surface area contributed by atoms with Crippen molar-refractivity contribution in [3.05, 3.63) is 58.4 Å². The van der Waals surface area contributed by atoms with Gasteiger partial charge in [0.1, 0.15) is 23.2 Å². The van der Waals surface area contributed by atoms with Gasteiger partial charge >= 0.3 is 0 Å². The number of halogens is 1. The Labute approximate surface area is 108 Å². The van der Waals surface area contributed by atoms with Gasteiger partial charge in [0.2, 0.25) is 5.78 Å². The number of ketones is 1. The molecule has 18 heavy (non-hydrogen) atoms. The SMILES string of the molecule is N#Cc1cccc(C(=O)c2cc(Cl)ccc2O)n1. The Balaban J connectivity index is 2.48. The third kappa shape index (κ3) is 2.31. The fourth-order valence-electron chi connectivity index (χ4n) is 1.45. The van der Waals surface area contributed by atoms with E-state index in [1.807, 2.05) is 6.07 Å². The highest BCUT2D eigenvalue weighted by Crippen LogP contribution is 2.23. The summed E-state index contributed by atoms with van der Waals surface area (Å²) in [7, 11) is 0. The average molecular weight is 259 g/mol. The van der Waals surface area contributed by atoms with Crippen LogP contribution in [0.5, 0.6) is 5.75 Å². The molecule has 1 heterocycles. The van der Waals surface area contributed by atoms with Crippen LogP contribution in [0.2, 0.25) is 5.02 Å². The van der Waals surface area contributed by atoms with Crippen molar-refractivity contribution in [2.24, 2.45) is 0 Å². The Morgan fingerprint density at radius 2 is 2.11 bits per heavy atom. The van der Waals surface area contributed by atoms with Gasteiger partial charge in [-0.2, -0.15) is 5.26 Å². The van der Waals surface area contributed by atoms with E-state index in [1.165, 1.54) is 30.3 Å². The molecule has 0 fully saturated rings. The highest BCUT2D eigenvalue weighted by molar-refractivity contribution is 6.31. The molecule has 1 aromatic carbocycles. The minimum absolute atomic E-state index is 0.0603. The Bertz CT molecular complexity index is 662. The summed E-state index contributed by atoms with van der Waals surface area (Å²) >= 11 is 5.77. The van der Waals surface area contributed by atoms with Crippen LogP contribution in [0.4, 0.5) is 0 Å². The molecule has 0 atom stereocenters. The first-order valence-electron chi connectivity index (χ1n) is 5.02. The quantitative estimate of drug-likeness (QED) is 0.840. The van der Waals surface area contributed by atoms with E-state index in [0.29, 0.717) is 5.02 Å². The number of aromatic hydroxyl groups is 1. The minimum atomic E-state index is -0.480. The zero-order valence-corrected chi connectivity index (χ0v) is 9.85. The molecule has 1 N–H and O–H groups in total. The third-order valence-corrected chi connectivity index (χ3v) is 2.53. The molecule has 5 heteroatoms. The van der Waals surface area contributed by atoms with Crippen molar-refractivity contribution < 1.29 is 9.90 Å². The van der Waals surface area contributed by atoms with Crippen LogP contribution in [0.3, 0.4) is 0 Å². The van der Waals surface area contributed by atoms with Gasteiger partial charge < -0.3 is 5.11 Å². The number of pyridine rings is 1. The van der Waals surface area contributed by atoms with Crippen molar-refractivity contribution in [1.29, 1.82) is 5.26 Å². The van der Waals surface area contributed by atoms with Crippen molar-refractivity contribution in [3.63, 3.8) is 0 Å². The molecule has 0 bridgehead atoms. The summed E-state index contributed by atoms with van der Waals surface area (Å²) in [5.41, 5.74) is 0.291. The van der Waals surface area contributed by atoms with E-state index in [0.717, 1.165) is 0 Å². The Morgan fingerprint density at radius 1 is 1.33 bits per heavy atom. The molecule has 4 nitrogen and oxygen atoms in total. The summed E-state index contributed by atoms with van der Waals surface area (Å²) in [5.74, 6) is -0.652. The number of hydrogen-bond donors (Lipinski definition) is 1. The van der Waals surface area contributed by atoms with Gasteiger partial charge in [-0.05, 0) is 30.3 Å². The smallest absolute Gasteiger partial charge is 0.215 e. The van der Waals surface area contributed by atoms with Crippen molar-refractivity contribution in [2.45, 2.75) is 0 Å². The summed E-state index contributed by atoms with van der Waals surface area (Å²) in [6, 6.07) is 10.6. The Morgan fingerprint density at radius 3 is 2.83 bits per heavy atom. The van der Waals surface area contributed by atoms with Gasteiger partial charge in [0, 0.05) is 5.02 Å². The van der Waals surface area contributed by atoms with Gasteiger partial charge in [0.15, 0.2) is 0 Å². The largest absolute Gasteiger partial charge is 0.507 e. The van der Waals surface area contributed by atoms with E-state index < -0.39 is 5.78 Å². The monoisotopic (exact) mass is 258 g/mol. The predicted octanol–water partition coefficient (Wildman–Crippen LogP) is 2.54. The molecule has 0 aliphatic heterocycles. The lowest BCUT2D eigenvalue weighted by Crippen LogP contribution is -2.05. The summed E-state index contributed by atoms with van der Waals surface area (Å²) < 4.78 is 0. The molecule has 2 aromatic rings. The first-order chi connectivity index (χ1) is 8.61. The van der Waals surface area contributed by atoms with Gasteiger partial charge in [-0.15, -0.1) is 0 Å². The van der Waals surface area contributed by atoms with E-state index in [2.05, 4.69) is 4.98 Å². The summed E-state index contributed by atoms with van der Waals surface area (Å²) in [6.07, 6.45) is 0. The second-order valence-corrected chi connectivity index (χ2v) is 3.95. The topological polar surface area (TPSA) is 74.0 Å². The van der Waals surface area contributed by atoms with Crippen molar-refractivity contribution in [1.82, 2.24) is 4.98 Å². The number of carbonyl (C=O) groups is 1. The summed E-state index contributed by atoms with van der Waals surface area (Å²) in [5, 5.41) is 18.7. The normalized spacial score (nSPS) is 9.78. The van der Waals surface area contributed by atoms with Crippen LogP contribution >= 0.6 is 11.6 Å². The number of phenols is 1. The molecule has 0 saturated carbocycles. The molecule has 0 aliphatic rings. The van der Waals surface area contributed by atoms with Crippen LogP contribution < -0.4 is 0 Å². The Kier molecular flexibility index (Phi) is 3.26. The molecule has 0 spiro atoms. The number of nitriles is 1. The van der Waals surface area contributed by atoms with Crippen molar-refractivity contribution in [2.75, 3.05) is 0 Å². The average Bonchev–Trinajstić information content (AvgIpc) is 2.41. The molecule has 0 amide bonds. The first-order valence-corrected chi connectivity index (χ1v) is 5.40. The summed E-state index contributed by atoms with van der Waals surface area (Å²) in [4.78, 5) is 16.0. The lowest BCUT2D eigenvalue weighted by Gasteiger charge is -2.04. The maximum atomic E-state index is 12.1. The lowest BCUT2D eigenvalue weighted by atomic mass is 10.1. The predicted molar refractivity (Wildman–Crippen MR) is 65.5 cm³/mol. The zero-order chi connectivity index (χ0) is 13.1. The van der Waals surface area contributed by atoms with Gasteiger partial charge in [-0.3, -0.25) is 4.79 Å². The second-order valence-electron chi connectivity index (χ2n) is 3.51. The van der Waals surface area contributed by atoms with Gasteiger partial charge in [0.05, 0.1) is 5.56 Å². The van der Waals surface area contributed by atoms with Crippen LogP contribution in [-0.2, 0) is 0 Å². The number of benzene rings is 1. The minimum Gasteiger partial charge on any atom is -0.507 e.